The molecule has 7 nitrogen and oxygen atoms in total. The zero-order valence-electron chi connectivity index (χ0n) is 11.7. The molecule has 0 spiro atoms. The van der Waals surface area contributed by atoms with E-state index in [2.05, 4.69) is 20.1 Å². The number of rotatable bonds is 4. The van der Waals surface area contributed by atoms with Gasteiger partial charge in [0.05, 0.1) is 12.7 Å². The van der Waals surface area contributed by atoms with Gasteiger partial charge in [-0.1, -0.05) is 5.11 Å². The van der Waals surface area contributed by atoms with Crippen molar-refractivity contribution in [3.05, 3.63) is 40.3 Å². The molecule has 1 saturated carbocycles. The Bertz CT molecular complexity index is 578. The maximum absolute atomic E-state index is 12.1. The minimum atomic E-state index is -0.416. The van der Waals surface area contributed by atoms with Crippen molar-refractivity contribution in [2.24, 2.45) is 11.0 Å². The van der Waals surface area contributed by atoms with Crippen LogP contribution in [0.2, 0.25) is 0 Å². The van der Waals surface area contributed by atoms with Crippen LogP contribution < -0.4 is 5.32 Å². The van der Waals surface area contributed by atoms with Crippen molar-refractivity contribution >= 4 is 17.6 Å². The van der Waals surface area contributed by atoms with Crippen LogP contribution in [0, 0.1) is 5.92 Å². The molecule has 0 aliphatic heterocycles. The van der Waals surface area contributed by atoms with E-state index in [1.165, 1.54) is 7.11 Å². The Morgan fingerprint density at radius 2 is 2.05 bits per heavy atom. The molecule has 2 unspecified atom stereocenters. The zero-order chi connectivity index (χ0) is 15.2. The molecule has 0 bridgehead atoms. The maximum Gasteiger partial charge on any atom is 0.337 e. The van der Waals surface area contributed by atoms with Gasteiger partial charge in [-0.05, 0) is 49.1 Å². The predicted octanol–water partition coefficient (Wildman–Crippen LogP) is 2.89. The summed E-state index contributed by atoms with van der Waals surface area (Å²) in [6, 6.07) is 6.42. The molecule has 1 aliphatic rings. The summed E-state index contributed by atoms with van der Waals surface area (Å²) in [5.74, 6) is -0.641. The fourth-order valence-corrected chi connectivity index (χ4v) is 2.43. The Hall–Kier alpha value is -2.53. The summed E-state index contributed by atoms with van der Waals surface area (Å²) in [4.78, 5) is 26.2. The molecule has 1 N–H and O–H groups in total. The number of nitrogens with zero attached hydrogens (tertiary/aromatic N) is 3. The number of methoxy groups -OCH3 is 1. The summed E-state index contributed by atoms with van der Waals surface area (Å²) in [6.07, 6.45) is 2.04. The van der Waals surface area contributed by atoms with Gasteiger partial charge in [0, 0.05) is 22.6 Å². The molecule has 1 fully saturated rings. The van der Waals surface area contributed by atoms with Crippen LogP contribution in [-0.2, 0) is 9.53 Å². The van der Waals surface area contributed by atoms with Crippen LogP contribution >= 0.6 is 0 Å². The number of amides is 1. The van der Waals surface area contributed by atoms with E-state index in [1.807, 2.05) is 0 Å². The molecular weight excluding hydrogens is 272 g/mol. The molecule has 7 heteroatoms. The summed E-state index contributed by atoms with van der Waals surface area (Å²) in [5.41, 5.74) is 9.45. The van der Waals surface area contributed by atoms with E-state index >= 15 is 0 Å². The molecule has 1 aromatic rings. The minimum absolute atomic E-state index is 0.0866. The van der Waals surface area contributed by atoms with Gasteiger partial charge in [0.25, 0.3) is 0 Å². The van der Waals surface area contributed by atoms with Gasteiger partial charge in [-0.2, -0.15) is 0 Å². The summed E-state index contributed by atoms with van der Waals surface area (Å²) in [6.45, 7) is 0. The molecule has 0 saturated heterocycles. The molecular formula is C14H16N4O3. The lowest BCUT2D eigenvalue weighted by Gasteiger charge is -2.11. The highest BCUT2D eigenvalue weighted by molar-refractivity contribution is 5.94. The van der Waals surface area contributed by atoms with Crippen LogP contribution in [0.3, 0.4) is 0 Å². The lowest BCUT2D eigenvalue weighted by Crippen LogP contribution is -2.21. The van der Waals surface area contributed by atoms with Crippen molar-refractivity contribution in [3.8, 4) is 0 Å². The SMILES string of the molecule is COC(=O)c1ccc(NC(=O)C2CCC(N=[N+]=[N-])C2)cc1. The van der Waals surface area contributed by atoms with E-state index < -0.39 is 5.97 Å². The summed E-state index contributed by atoms with van der Waals surface area (Å²) in [5, 5.41) is 6.46. The second-order valence-corrected chi connectivity index (χ2v) is 4.93. The first-order valence-corrected chi connectivity index (χ1v) is 6.67. The highest BCUT2D eigenvalue weighted by Gasteiger charge is 2.29. The van der Waals surface area contributed by atoms with Crippen LogP contribution in [-0.4, -0.2) is 25.0 Å². The van der Waals surface area contributed by atoms with E-state index in [-0.39, 0.29) is 17.9 Å². The Labute approximate surface area is 121 Å². The fraction of sp³-hybridized carbons (Fsp3) is 0.429. The van der Waals surface area contributed by atoms with Gasteiger partial charge in [-0.3, -0.25) is 4.79 Å². The van der Waals surface area contributed by atoms with Gasteiger partial charge < -0.3 is 10.1 Å². The van der Waals surface area contributed by atoms with Gasteiger partial charge >= 0.3 is 5.97 Å². The second kappa shape index (κ2) is 6.76. The van der Waals surface area contributed by atoms with E-state index in [0.29, 0.717) is 17.7 Å². The quantitative estimate of drug-likeness (QED) is 0.398. The average molecular weight is 288 g/mol. The number of benzene rings is 1. The molecule has 1 aliphatic carbocycles. The standard InChI is InChI=1S/C14H16N4O3/c1-21-14(20)9-2-5-11(6-3-9)16-13(19)10-4-7-12(8-10)17-18-15/h2-3,5-6,10,12H,4,7-8H2,1H3,(H,16,19). The zero-order valence-corrected chi connectivity index (χ0v) is 11.7. The molecule has 2 rings (SSSR count). The van der Waals surface area contributed by atoms with Crippen LogP contribution in [0.25, 0.3) is 10.4 Å². The molecule has 0 radical (unpaired) electrons. The summed E-state index contributed by atoms with van der Waals surface area (Å²) < 4.78 is 4.61. The first-order chi connectivity index (χ1) is 10.1. The number of hydrogen-bond donors (Lipinski definition) is 1. The van der Waals surface area contributed by atoms with Crippen molar-refractivity contribution in [2.75, 3.05) is 12.4 Å². The molecule has 21 heavy (non-hydrogen) atoms. The number of carbonyl (C=O) groups is 2. The molecule has 0 heterocycles. The van der Waals surface area contributed by atoms with Crippen molar-refractivity contribution in [1.82, 2.24) is 0 Å². The van der Waals surface area contributed by atoms with Gasteiger partial charge in [-0.15, -0.1) is 0 Å². The van der Waals surface area contributed by atoms with Crippen LogP contribution in [0.1, 0.15) is 29.6 Å². The molecule has 110 valence electrons. The predicted molar refractivity (Wildman–Crippen MR) is 76.7 cm³/mol. The van der Waals surface area contributed by atoms with Gasteiger partial charge in [0.15, 0.2) is 0 Å². The number of azide groups is 1. The topological polar surface area (TPSA) is 104 Å². The third kappa shape index (κ3) is 3.73. The number of esters is 1. The summed E-state index contributed by atoms with van der Waals surface area (Å²) in [7, 11) is 1.32. The van der Waals surface area contributed by atoms with E-state index in [0.717, 1.165) is 12.8 Å². The van der Waals surface area contributed by atoms with Crippen molar-refractivity contribution < 1.29 is 14.3 Å². The highest BCUT2D eigenvalue weighted by Crippen LogP contribution is 2.29. The normalized spacial score (nSPS) is 20.4. The highest BCUT2D eigenvalue weighted by atomic mass is 16.5. The van der Waals surface area contributed by atoms with Crippen molar-refractivity contribution in [3.63, 3.8) is 0 Å². The third-order valence-corrected chi connectivity index (χ3v) is 3.56. The average Bonchev–Trinajstić information content (AvgIpc) is 2.96. The van der Waals surface area contributed by atoms with E-state index in [4.69, 9.17) is 5.53 Å². The third-order valence-electron chi connectivity index (χ3n) is 3.56. The lowest BCUT2D eigenvalue weighted by atomic mass is 10.1. The number of ether oxygens (including phenoxy) is 1. The lowest BCUT2D eigenvalue weighted by molar-refractivity contribution is -0.119. The van der Waals surface area contributed by atoms with E-state index in [1.54, 1.807) is 24.3 Å². The Morgan fingerprint density at radius 3 is 2.67 bits per heavy atom. The fourth-order valence-electron chi connectivity index (χ4n) is 2.43. The maximum atomic E-state index is 12.1. The molecule has 2 atom stereocenters. The van der Waals surface area contributed by atoms with Crippen molar-refractivity contribution in [2.45, 2.75) is 25.3 Å². The smallest absolute Gasteiger partial charge is 0.337 e. The van der Waals surface area contributed by atoms with Crippen molar-refractivity contribution in [1.29, 1.82) is 0 Å². The van der Waals surface area contributed by atoms with E-state index in [9.17, 15) is 9.59 Å². The van der Waals surface area contributed by atoms with Crippen LogP contribution in [0.4, 0.5) is 5.69 Å². The van der Waals surface area contributed by atoms with Crippen LogP contribution in [0.5, 0.6) is 0 Å². The monoisotopic (exact) mass is 288 g/mol. The summed E-state index contributed by atoms with van der Waals surface area (Å²) >= 11 is 0. The van der Waals surface area contributed by atoms with Gasteiger partial charge in [0.1, 0.15) is 0 Å². The molecule has 1 amide bonds. The second-order valence-electron chi connectivity index (χ2n) is 4.93. The molecule has 0 aromatic heterocycles. The largest absolute Gasteiger partial charge is 0.465 e. The van der Waals surface area contributed by atoms with Crippen LogP contribution in [0.15, 0.2) is 29.4 Å². The Morgan fingerprint density at radius 1 is 1.33 bits per heavy atom. The van der Waals surface area contributed by atoms with Gasteiger partial charge in [-0.25, -0.2) is 4.79 Å². The number of nitrogens with one attached hydrogen (secondary N) is 1. The number of hydrogen-bond acceptors (Lipinski definition) is 4. The Kier molecular flexibility index (Phi) is 4.79. The number of carbonyl (C=O) groups excluding carboxylic acids is 2. The Balaban J connectivity index is 1.94. The molecule has 1 aromatic carbocycles. The van der Waals surface area contributed by atoms with Gasteiger partial charge in [0.2, 0.25) is 5.91 Å². The first kappa shape index (κ1) is 14.9. The minimum Gasteiger partial charge on any atom is -0.465 e. The first-order valence-electron chi connectivity index (χ1n) is 6.67. The number of anilines is 1.